The van der Waals surface area contributed by atoms with Gasteiger partial charge in [-0.15, -0.1) is 0 Å². The molecule has 0 radical (unpaired) electrons. The SMILES string of the molecule is CCC(CCO)CNc1cc(Cl)nc(C)n1. The molecule has 0 aromatic carbocycles. The summed E-state index contributed by atoms with van der Waals surface area (Å²) < 4.78 is 0. The van der Waals surface area contributed by atoms with Gasteiger partial charge in [-0.1, -0.05) is 24.9 Å². The summed E-state index contributed by atoms with van der Waals surface area (Å²) in [5.74, 6) is 1.86. The Kier molecular flexibility index (Phi) is 5.49. The Bertz CT molecular complexity index is 313. The normalized spacial score (nSPS) is 12.5. The van der Waals surface area contributed by atoms with Crippen molar-refractivity contribution in [2.75, 3.05) is 18.5 Å². The number of aliphatic hydroxyl groups excluding tert-OH is 1. The standard InChI is InChI=1S/C11H18ClN3O/c1-3-9(4-5-16)7-13-11-6-10(12)14-8(2)15-11/h6,9,16H,3-5,7H2,1-2H3,(H,13,14,15). The fourth-order valence-electron chi connectivity index (χ4n) is 1.50. The van der Waals surface area contributed by atoms with E-state index in [1.165, 1.54) is 0 Å². The second-order valence-electron chi connectivity index (χ2n) is 3.79. The van der Waals surface area contributed by atoms with E-state index in [1.807, 2.05) is 6.92 Å². The van der Waals surface area contributed by atoms with Crippen LogP contribution in [0.1, 0.15) is 25.6 Å². The lowest BCUT2D eigenvalue weighted by molar-refractivity contribution is 0.258. The van der Waals surface area contributed by atoms with Gasteiger partial charge in [0.2, 0.25) is 0 Å². The van der Waals surface area contributed by atoms with Gasteiger partial charge in [-0.3, -0.25) is 0 Å². The van der Waals surface area contributed by atoms with E-state index in [0.29, 0.717) is 16.9 Å². The van der Waals surface area contributed by atoms with Crippen LogP contribution in [0.25, 0.3) is 0 Å². The number of anilines is 1. The van der Waals surface area contributed by atoms with Crippen LogP contribution in [0.3, 0.4) is 0 Å². The Balaban J connectivity index is 2.52. The molecule has 1 aromatic heterocycles. The van der Waals surface area contributed by atoms with E-state index in [4.69, 9.17) is 16.7 Å². The highest BCUT2D eigenvalue weighted by atomic mass is 35.5. The van der Waals surface area contributed by atoms with Crippen LogP contribution in [-0.4, -0.2) is 28.2 Å². The first-order valence-corrected chi connectivity index (χ1v) is 5.89. The van der Waals surface area contributed by atoms with Gasteiger partial charge in [0.15, 0.2) is 0 Å². The van der Waals surface area contributed by atoms with E-state index in [9.17, 15) is 0 Å². The van der Waals surface area contributed by atoms with Crippen LogP contribution < -0.4 is 5.32 Å². The van der Waals surface area contributed by atoms with Gasteiger partial charge < -0.3 is 10.4 Å². The van der Waals surface area contributed by atoms with Crippen LogP contribution in [0.15, 0.2) is 6.07 Å². The number of aromatic nitrogens is 2. The number of hydrogen-bond acceptors (Lipinski definition) is 4. The molecule has 0 saturated heterocycles. The summed E-state index contributed by atoms with van der Waals surface area (Å²) in [7, 11) is 0. The van der Waals surface area contributed by atoms with E-state index in [2.05, 4.69) is 22.2 Å². The van der Waals surface area contributed by atoms with Gasteiger partial charge in [0.25, 0.3) is 0 Å². The molecule has 0 aliphatic heterocycles. The van der Waals surface area contributed by atoms with E-state index >= 15 is 0 Å². The average Bonchev–Trinajstić information content (AvgIpc) is 2.23. The third-order valence-corrected chi connectivity index (χ3v) is 2.69. The summed E-state index contributed by atoms with van der Waals surface area (Å²) in [6.45, 7) is 4.94. The molecular weight excluding hydrogens is 226 g/mol. The summed E-state index contributed by atoms with van der Waals surface area (Å²) in [6, 6.07) is 1.71. The maximum atomic E-state index is 8.88. The van der Waals surface area contributed by atoms with Crippen LogP contribution >= 0.6 is 11.6 Å². The van der Waals surface area contributed by atoms with Crippen molar-refractivity contribution in [2.45, 2.75) is 26.7 Å². The highest BCUT2D eigenvalue weighted by molar-refractivity contribution is 6.29. The van der Waals surface area contributed by atoms with E-state index in [1.54, 1.807) is 6.07 Å². The second kappa shape index (κ2) is 6.66. The third-order valence-electron chi connectivity index (χ3n) is 2.49. The maximum absolute atomic E-state index is 8.88. The fraction of sp³-hybridized carbons (Fsp3) is 0.636. The first kappa shape index (κ1) is 13.2. The van der Waals surface area contributed by atoms with Crippen LogP contribution in [-0.2, 0) is 0 Å². The molecule has 1 aromatic rings. The van der Waals surface area contributed by atoms with Gasteiger partial charge in [-0.25, -0.2) is 9.97 Å². The highest BCUT2D eigenvalue weighted by Crippen LogP contribution is 2.13. The van der Waals surface area contributed by atoms with Crippen molar-refractivity contribution >= 4 is 17.4 Å². The molecule has 0 bridgehead atoms. The van der Waals surface area contributed by atoms with Crippen molar-refractivity contribution in [2.24, 2.45) is 5.92 Å². The molecule has 1 unspecified atom stereocenters. The lowest BCUT2D eigenvalue weighted by atomic mass is 10.0. The van der Waals surface area contributed by atoms with E-state index in [0.717, 1.165) is 25.2 Å². The first-order valence-electron chi connectivity index (χ1n) is 5.51. The molecule has 90 valence electrons. The van der Waals surface area contributed by atoms with Crippen LogP contribution in [0.2, 0.25) is 5.15 Å². The lowest BCUT2D eigenvalue weighted by Gasteiger charge is -2.14. The Morgan fingerprint density at radius 1 is 1.50 bits per heavy atom. The molecule has 0 aliphatic carbocycles. The maximum Gasteiger partial charge on any atom is 0.134 e. The molecule has 0 amide bonds. The third kappa shape index (κ3) is 4.33. The number of hydrogen-bond donors (Lipinski definition) is 2. The smallest absolute Gasteiger partial charge is 0.134 e. The number of aryl methyl sites for hydroxylation is 1. The molecule has 16 heavy (non-hydrogen) atoms. The monoisotopic (exact) mass is 243 g/mol. The van der Waals surface area contributed by atoms with Gasteiger partial charge in [-0.2, -0.15) is 0 Å². The second-order valence-corrected chi connectivity index (χ2v) is 4.18. The quantitative estimate of drug-likeness (QED) is 0.753. The molecule has 4 nitrogen and oxygen atoms in total. The van der Waals surface area contributed by atoms with Crippen LogP contribution in [0, 0.1) is 12.8 Å². The molecule has 2 N–H and O–H groups in total. The number of nitrogens with zero attached hydrogens (tertiary/aromatic N) is 2. The fourth-order valence-corrected chi connectivity index (χ4v) is 1.73. The molecular formula is C11H18ClN3O. The molecule has 0 spiro atoms. The molecule has 0 saturated carbocycles. The van der Waals surface area contributed by atoms with Gasteiger partial charge in [-0.05, 0) is 19.3 Å². The highest BCUT2D eigenvalue weighted by Gasteiger charge is 2.06. The average molecular weight is 244 g/mol. The Morgan fingerprint density at radius 3 is 2.81 bits per heavy atom. The molecule has 5 heteroatoms. The predicted octanol–water partition coefficient (Wildman–Crippen LogP) is 2.26. The Hall–Kier alpha value is -0.870. The number of rotatable bonds is 6. The van der Waals surface area contributed by atoms with E-state index < -0.39 is 0 Å². The van der Waals surface area contributed by atoms with E-state index in [-0.39, 0.29) is 6.61 Å². The predicted molar refractivity (Wildman–Crippen MR) is 65.8 cm³/mol. The van der Waals surface area contributed by atoms with Crippen molar-refractivity contribution in [3.8, 4) is 0 Å². The molecule has 1 rings (SSSR count). The van der Waals surface area contributed by atoms with Gasteiger partial charge in [0.1, 0.15) is 16.8 Å². The summed E-state index contributed by atoms with van der Waals surface area (Å²) in [5.41, 5.74) is 0. The number of aliphatic hydroxyl groups is 1. The van der Waals surface area contributed by atoms with Crippen molar-refractivity contribution in [1.82, 2.24) is 9.97 Å². The molecule has 1 heterocycles. The lowest BCUT2D eigenvalue weighted by Crippen LogP contribution is -2.16. The summed E-state index contributed by atoms with van der Waals surface area (Å²) in [4.78, 5) is 8.22. The summed E-state index contributed by atoms with van der Waals surface area (Å²) >= 11 is 5.83. The number of halogens is 1. The largest absolute Gasteiger partial charge is 0.396 e. The Morgan fingerprint density at radius 2 is 2.25 bits per heavy atom. The Labute approximate surface area is 101 Å². The van der Waals surface area contributed by atoms with Gasteiger partial charge in [0, 0.05) is 19.2 Å². The van der Waals surface area contributed by atoms with Crippen molar-refractivity contribution in [3.05, 3.63) is 17.0 Å². The zero-order chi connectivity index (χ0) is 12.0. The first-order chi connectivity index (χ1) is 7.65. The van der Waals surface area contributed by atoms with Crippen molar-refractivity contribution in [1.29, 1.82) is 0 Å². The topological polar surface area (TPSA) is 58.0 Å². The number of nitrogens with one attached hydrogen (secondary N) is 1. The molecule has 0 aliphatic rings. The summed E-state index contributed by atoms with van der Waals surface area (Å²) in [5, 5.41) is 12.5. The van der Waals surface area contributed by atoms with Crippen LogP contribution in [0.5, 0.6) is 0 Å². The van der Waals surface area contributed by atoms with Crippen molar-refractivity contribution in [3.63, 3.8) is 0 Å². The summed E-state index contributed by atoms with van der Waals surface area (Å²) in [6.07, 6.45) is 1.84. The van der Waals surface area contributed by atoms with Crippen molar-refractivity contribution < 1.29 is 5.11 Å². The minimum Gasteiger partial charge on any atom is -0.396 e. The minimum atomic E-state index is 0.226. The zero-order valence-electron chi connectivity index (χ0n) is 9.70. The van der Waals surface area contributed by atoms with Gasteiger partial charge >= 0.3 is 0 Å². The zero-order valence-corrected chi connectivity index (χ0v) is 10.5. The molecule has 1 atom stereocenters. The van der Waals surface area contributed by atoms with Crippen LogP contribution in [0.4, 0.5) is 5.82 Å². The molecule has 0 fully saturated rings. The minimum absolute atomic E-state index is 0.226. The van der Waals surface area contributed by atoms with Gasteiger partial charge in [0.05, 0.1) is 0 Å².